The van der Waals surface area contributed by atoms with E-state index in [4.69, 9.17) is 4.74 Å². The number of hydrogen-bond donors (Lipinski definition) is 0. The van der Waals surface area contributed by atoms with Crippen molar-refractivity contribution in [1.82, 2.24) is 0 Å². The summed E-state index contributed by atoms with van der Waals surface area (Å²) in [5.74, 6) is 0. The van der Waals surface area contributed by atoms with Crippen LogP contribution < -0.4 is 0 Å². The Hall–Kier alpha value is -0.340. The first-order chi connectivity index (χ1) is 5.40. The topological polar surface area (TPSA) is 12.5 Å². The number of allylic oxidation sites excluding steroid dienone is 3. The van der Waals surface area contributed by atoms with E-state index in [0.29, 0.717) is 12.2 Å². The molecule has 0 aromatic rings. The molecule has 0 saturated carbocycles. The molecule has 1 heterocycles. The number of fused-ring (bicyclic) bond motifs is 1. The van der Waals surface area contributed by atoms with Crippen molar-refractivity contribution in [1.29, 1.82) is 0 Å². The van der Waals surface area contributed by atoms with Gasteiger partial charge in [-0.2, -0.15) is 0 Å². The zero-order chi connectivity index (χ0) is 7.68. The lowest BCUT2D eigenvalue weighted by Crippen LogP contribution is -1.93. The molecule has 2 aliphatic rings. The molecule has 0 aromatic heterocycles. The predicted molar refractivity (Wildman–Crippen MR) is 48.6 cm³/mol. The van der Waals surface area contributed by atoms with Gasteiger partial charge >= 0.3 is 0 Å². The molecule has 2 rings (SSSR count). The second-order valence-corrected chi connectivity index (χ2v) is 3.26. The first kappa shape index (κ1) is 7.32. The van der Waals surface area contributed by atoms with Gasteiger partial charge in [-0.15, -0.1) is 0 Å². The fourth-order valence-electron chi connectivity index (χ4n) is 1.23. The molecule has 0 amide bonds. The first-order valence-electron chi connectivity index (χ1n) is 3.70. The highest BCUT2D eigenvalue weighted by atomic mass is 79.9. The van der Waals surface area contributed by atoms with Gasteiger partial charge in [-0.1, -0.05) is 34.2 Å². The third-order valence-corrected chi connectivity index (χ3v) is 2.26. The lowest BCUT2D eigenvalue weighted by atomic mass is 10.0. The molecule has 11 heavy (non-hydrogen) atoms. The number of epoxide rings is 1. The van der Waals surface area contributed by atoms with Crippen LogP contribution in [0.25, 0.3) is 0 Å². The lowest BCUT2D eigenvalue weighted by Gasteiger charge is -1.98. The van der Waals surface area contributed by atoms with Crippen LogP contribution in [-0.2, 0) is 4.74 Å². The fraction of sp³-hybridized carbons (Fsp3) is 0.333. The van der Waals surface area contributed by atoms with Crippen LogP contribution in [0.3, 0.4) is 0 Å². The van der Waals surface area contributed by atoms with Gasteiger partial charge in [0.1, 0.15) is 12.2 Å². The third kappa shape index (κ3) is 1.63. The minimum absolute atomic E-state index is 0.388. The molecular formula is C9H9BrO. The molecule has 1 aliphatic carbocycles. The summed E-state index contributed by atoms with van der Waals surface area (Å²) in [5.41, 5.74) is 1.35. The van der Waals surface area contributed by atoms with Crippen LogP contribution in [0.1, 0.15) is 6.42 Å². The lowest BCUT2D eigenvalue weighted by molar-refractivity contribution is 0.414. The molecule has 0 radical (unpaired) electrons. The summed E-state index contributed by atoms with van der Waals surface area (Å²) in [6.07, 6.45) is 10.3. The van der Waals surface area contributed by atoms with Crippen LogP contribution in [0.4, 0.5) is 0 Å². The van der Waals surface area contributed by atoms with E-state index in [0.717, 1.165) is 6.42 Å². The summed E-state index contributed by atoms with van der Waals surface area (Å²) in [4.78, 5) is 1.89. The van der Waals surface area contributed by atoms with Gasteiger partial charge in [0.2, 0.25) is 0 Å². The maximum atomic E-state index is 5.29. The number of hydrogen-bond acceptors (Lipinski definition) is 1. The van der Waals surface area contributed by atoms with E-state index in [1.54, 1.807) is 0 Å². The Morgan fingerprint density at radius 3 is 3.18 bits per heavy atom. The van der Waals surface area contributed by atoms with Crippen molar-refractivity contribution in [2.24, 2.45) is 0 Å². The SMILES string of the molecule is BrC=CCC1=CC2OC2C=C1. The Labute approximate surface area is 74.6 Å². The van der Waals surface area contributed by atoms with Crippen molar-refractivity contribution in [2.45, 2.75) is 18.6 Å². The molecule has 1 saturated heterocycles. The second kappa shape index (κ2) is 2.95. The van der Waals surface area contributed by atoms with Crippen LogP contribution in [0.2, 0.25) is 0 Å². The quantitative estimate of drug-likeness (QED) is 0.642. The van der Waals surface area contributed by atoms with Crippen LogP contribution in [-0.4, -0.2) is 12.2 Å². The van der Waals surface area contributed by atoms with Gasteiger partial charge in [0, 0.05) is 0 Å². The smallest absolute Gasteiger partial charge is 0.107 e. The number of ether oxygens (including phenoxy) is 1. The third-order valence-electron chi connectivity index (χ3n) is 1.88. The van der Waals surface area contributed by atoms with E-state index in [9.17, 15) is 0 Å². The average molecular weight is 213 g/mol. The van der Waals surface area contributed by atoms with Crippen molar-refractivity contribution in [3.05, 3.63) is 34.9 Å². The van der Waals surface area contributed by atoms with Crippen LogP contribution >= 0.6 is 15.9 Å². The van der Waals surface area contributed by atoms with Crippen LogP contribution in [0.5, 0.6) is 0 Å². The van der Waals surface area contributed by atoms with Gasteiger partial charge in [-0.05, 0) is 23.1 Å². The molecule has 1 fully saturated rings. The molecule has 0 aromatic carbocycles. The minimum Gasteiger partial charge on any atom is -0.361 e. The zero-order valence-corrected chi connectivity index (χ0v) is 7.62. The van der Waals surface area contributed by atoms with Gasteiger partial charge < -0.3 is 4.74 Å². The highest BCUT2D eigenvalue weighted by molar-refractivity contribution is 9.11. The number of rotatable bonds is 2. The summed E-state index contributed by atoms with van der Waals surface area (Å²) in [6.45, 7) is 0. The van der Waals surface area contributed by atoms with Gasteiger partial charge in [0.05, 0.1) is 0 Å². The Bertz CT molecular complexity index is 240. The van der Waals surface area contributed by atoms with E-state index in [2.05, 4.69) is 40.2 Å². The van der Waals surface area contributed by atoms with Gasteiger partial charge in [0.25, 0.3) is 0 Å². The van der Waals surface area contributed by atoms with Crippen molar-refractivity contribution in [3.63, 3.8) is 0 Å². The largest absolute Gasteiger partial charge is 0.361 e. The van der Waals surface area contributed by atoms with Gasteiger partial charge in [-0.3, -0.25) is 0 Å². The second-order valence-electron chi connectivity index (χ2n) is 2.73. The highest BCUT2D eigenvalue weighted by Crippen LogP contribution is 2.30. The summed E-state index contributed by atoms with van der Waals surface area (Å²) in [6, 6.07) is 0. The molecule has 0 spiro atoms. The molecule has 2 heteroatoms. The van der Waals surface area contributed by atoms with E-state index >= 15 is 0 Å². The Morgan fingerprint density at radius 1 is 1.55 bits per heavy atom. The minimum atomic E-state index is 0.388. The molecular weight excluding hydrogens is 204 g/mol. The maximum absolute atomic E-state index is 5.29. The molecule has 1 aliphatic heterocycles. The Balaban J connectivity index is 1.98. The molecule has 0 N–H and O–H groups in total. The van der Waals surface area contributed by atoms with Crippen molar-refractivity contribution >= 4 is 15.9 Å². The van der Waals surface area contributed by atoms with Crippen molar-refractivity contribution in [2.75, 3.05) is 0 Å². The predicted octanol–water partition coefficient (Wildman–Crippen LogP) is 2.55. The van der Waals surface area contributed by atoms with Crippen molar-refractivity contribution in [3.8, 4) is 0 Å². The Kier molecular flexibility index (Phi) is 1.96. The van der Waals surface area contributed by atoms with E-state index in [1.165, 1.54) is 5.57 Å². The molecule has 1 nitrogen and oxygen atoms in total. The molecule has 2 atom stereocenters. The Morgan fingerprint density at radius 2 is 2.45 bits per heavy atom. The normalized spacial score (nSPS) is 33.7. The monoisotopic (exact) mass is 212 g/mol. The molecule has 0 bridgehead atoms. The summed E-state index contributed by atoms with van der Waals surface area (Å²) in [5, 5.41) is 0. The zero-order valence-electron chi connectivity index (χ0n) is 6.03. The summed E-state index contributed by atoms with van der Waals surface area (Å²) < 4.78 is 5.29. The summed E-state index contributed by atoms with van der Waals surface area (Å²) >= 11 is 3.24. The summed E-state index contributed by atoms with van der Waals surface area (Å²) in [7, 11) is 0. The van der Waals surface area contributed by atoms with Gasteiger partial charge in [-0.25, -0.2) is 0 Å². The van der Waals surface area contributed by atoms with E-state index in [-0.39, 0.29) is 0 Å². The van der Waals surface area contributed by atoms with Crippen LogP contribution in [0, 0.1) is 0 Å². The fourth-order valence-corrected chi connectivity index (χ4v) is 1.41. The van der Waals surface area contributed by atoms with Crippen LogP contribution in [0.15, 0.2) is 34.9 Å². The first-order valence-corrected chi connectivity index (χ1v) is 4.61. The molecule has 2 unspecified atom stereocenters. The average Bonchev–Trinajstić information content (AvgIpc) is 2.78. The highest BCUT2D eigenvalue weighted by Gasteiger charge is 2.36. The number of halogens is 1. The van der Waals surface area contributed by atoms with Crippen molar-refractivity contribution < 1.29 is 4.74 Å². The standard InChI is InChI=1S/C9H9BrO/c10-5-1-2-7-3-4-8-9(6-7)11-8/h1,3-6,8-9H,2H2. The molecule has 58 valence electrons. The van der Waals surface area contributed by atoms with Gasteiger partial charge in [0.15, 0.2) is 0 Å². The van der Waals surface area contributed by atoms with E-state index in [1.807, 2.05) is 4.99 Å². The van der Waals surface area contributed by atoms with E-state index < -0.39 is 0 Å². The maximum Gasteiger partial charge on any atom is 0.107 e.